The van der Waals surface area contributed by atoms with Crippen molar-refractivity contribution in [1.29, 1.82) is 0 Å². The predicted octanol–water partition coefficient (Wildman–Crippen LogP) is 2.95. The van der Waals surface area contributed by atoms with Crippen LogP contribution in [0.15, 0.2) is 18.3 Å². The van der Waals surface area contributed by atoms with Crippen molar-refractivity contribution < 1.29 is 0 Å². The van der Waals surface area contributed by atoms with Gasteiger partial charge in [0.15, 0.2) is 0 Å². The van der Waals surface area contributed by atoms with Crippen LogP contribution < -0.4 is 5.32 Å². The molecule has 1 unspecified atom stereocenters. The Bertz CT molecular complexity index is 294. The number of nitrogens with zero attached hydrogens (tertiary/aromatic N) is 1. The van der Waals surface area contributed by atoms with Crippen molar-refractivity contribution in [3.8, 4) is 0 Å². The summed E-state index contributed by atoms with van der Waals surface area (Å²) in [5, 5.41) is 3.51. The van der Waals surface area contributed by atoms with Gasteiger partial charge in [-0.3, -0.25) is 4.98 Å². The number of aryl methyl sites for hydroxylation is 1. The topological polar surface area (TPSA) is 24.9 Å². The molecule has 0 bridgehead atoms. The summed E-state index contributed by atoms with van der Waals surface area (Å²) in [6.07, 6.45) is 2.94. The second kappa shape index (κ2) is 5.86. The molecule has 2 nitrogen and oxygen atoms in total. The van der Waals surface area contributed by atoms with Crippen molar-refractivity contribution in [3.05, 3.63) is 29.6 Å². The van der Waals surface area contributed by atoms with E-state index in [1.807, 2.05) is 12.3 Å². The molecule has 2 heteroatoms. The molecule has 1 rings (SSSR count). The van der Waals surface area contributed by atoms with E-state index >= 15 is 0 Å². The Morgan fingerprint density at radius 3 is 2.60 bits per heavy atom. The fourth-order valence-corrected chi connectivity index (χ4v) is 1.90. The first kappa shape index (κ1) is 12.2. The molecule has 1 aromatic rings. The highest BCUT2D eigenvalue weighted by Gasteiger charge is 2.18. The van der Waals surface area contributed by atoms with Gasteiger partial charge < -0.3 is 5.32 Å². The monoisotopic (exact) mass is 206 g/mol. The normalized spacial score (nSPS) is 13.1. The van der Waals surface area contributed by atoms with Crippen LogP contribution in [0.5, 0.6) is 0 Å². The number of rotatable bonds is 5. The molecule has 0 aromatic carbocycles. The summed E-state index contributed by atoms with van der Waals surface area (Å²) in [7, 11) is 0. The molecule has 0 fully saturated rings. The largest absolute Gasteiger partial charge is 0.309 e. The minimum absolute atomic E-state index is 0.381. The molecule has 84 valence electrons. The van der Waals surface area contributed by atoms with Gasteiger partial charge in [0.2, 0.25) is 0 Å². The number of hydrogen-bond acceptors (Lipinski definition) is 2. The van der Waals surface area contributed by atoms with Crippen LogP contribution in [0.4, 0.5) is 0 Å². The number of aromatic nitrogens is 1. The SMILES string of the molecule is CCNC(c1ncccc1CC)C(C)C. The van der Waals surface area contributed by atoms with Crippen LogP contribution in [0.25, 0.3) is 0 Å². The van der Waals surface area contributed by atoms with Crippen molar-refractivity contribution >= 4 is 0 Å². The quantitative estimate of drug-likeness (QED) is 0.801. The molecule has 0 aliphatic heterocycles. The van der Waals surface area contributed by atoms with E-state index in [4.69, 9.17) is 0 Å². The average molecular weight is 206 g/mol. The number of nitrogens with one attached hydrogen (secondary N) is 1. The molecule has 0 amide bonds. The standard InChI is InChI=1S/C13H22N2/c1-5-11-8-7-9-15-13(11)12(10(3)4)14-6-2/h7-10,12,14H,5-6H2,1-4H3. The lowest BCUT2D eigenvalue weighted by Gasteiger charge is -2.23. The van der Waals surface area contributed by atoms with Gasteiger partial charge in [-0.05, 0) is 30.5 Å². The van der Waals surface area contributed by atoms with Gasteiger partial charge in [-0.2, -0.15) is 0 Å². The molecule has 0 spiro atoms. The summed E-state index contributed by atoms with van der Waals surface area (Å²) < 4.78 is 0. The molecular formula is C13H22N2. The minimum Gasteiger partial charge on any atom is -0.309 e. The first-order valence-electron chi connectivity index (χ1n) is 5.87. The van der Waals surface area contributed by atoms with Crippen molar-refractivity contribution in [3.63, 3.8) is 0 Å². The molecule has 1 N–H and O–H groups in total. The van der Waals surface area contributed by atoms with Crippen LogP contribution in [-0.4, -0.2) is 11.5 Å². The third-order valence-corrected chi connectivity index (χ3v) is 2.69. The number of hydrogen-bond donors (Lipinski definition) is 1. The Labute approximate surface area is 93.1 Å². The Balaban J connectivity index is 2.98. The maximum Gasteiger partial charge on any atom is 0.0607 e. The van der Waals surface area contributed by atoms with Crippen LogP contribution in [0.3, 0.4) is 0 Å². The molecule has 1 atom stereocenters. The first-order valence-corrected chi connectivity index (χ1v) is 5.87. The smallest absolute Gasteiger partial charge is 0.0607 e. The molecule has 1 aromatic heterocycles. The van der Waals surface area contributed by atoms with Gasteiger partial charge in [-0.25, -0.2) is 0 Å². The lowest BCUT2D eigenvalue weighted by Crippen LogP contribution is -2.27. The van der Waals surface area contributed by atoms with Gasteiger partial charge >= 0.3 is 0 Å². The molecule has 0 saturated carbocycles. The maximum atomic E-state index is 4.53. The maximum absolute atomic E-state index is 4.53. The van der Waals surface area contributed by atoms with Crippen LogP contribution in [0.1, 0.15) is 45.0 Å². The van der Waals surface area contributed by atoms with Gasteiger partial charge in [0.25, 0.3) is 0 Å². The fourth-order valence-electron chi connectivity index (χ4n) is 1.90. The van der Waals surface area contributed by atoms with Crippen molar-refractivity contribution in [1.82, 2.24) is 10.3 Å². The lowest BCUT2D eigenvalue weighted by molar-refractivity contribution is 0.410. The van der Waals surface area contributed by atoms with Gasteiger partial charge in [0.1, 0.15) is 0 Å². The predicted molar refractivity (Wildman–Crippen MR) is 64.9 cm³/mol. The summed E-state index contributed by atoms with van der Waals surface area (Å²) in [6, 6.07) is 4.58. The van der Waals surface area contributed by atoms with E-state index in [0.29, 0.717) is 12.0 Å². The minimum atomic E-state index is 0.381. The van der Waals surface area contributed by atoms with E-state index in [9.17, 15) is 0 Å². The average Bonchev–Trinajstić information content (AvgIpc) is 2.25. The first-order chi connectivity index (χ1) is 7.20. The zero-order chi connectivity index (χ0) is 11.3. The Kier molecular flexibility index (Phi) is 4.76. The van der Waals surface area contributed by atoms with Crippen LogP contribution >= 0.6 is 0 Å². The van der Waals surface area contributed by atoms with E-state index in [0.717, 1.165) is 13.0 Å². The van der Waals surface area contributed by atoms with Crippen LogP contribution in [0.2, 0.25) is 0 Å². The van der Waals surface area contributed by atoms with Crippen molar-refractivity contribution in [2.75, 3.05) is 6.54 Å². The van der Waals surface area contributed by atoms with E-state index in [-0.39, 0.29) is 0 Å². The van der Waals surface area contributed by atoms with Crippen molar-refractivity contribution in [2.45, 2.75) is 40.2 Å². The van der Waals surface area contributed by atoms with E-state index in [1.165, 1.54) is 11.3 Å². The summed E-state index contributed by atoms with van der Waals surface area (Å²) in [6.45, 7) is 9.79. The fraction of sp³-hybridized carbons (Fsp3) is 0.615. The van der Waals surface area contributed by atoms with Crippen LogP contribution in [0, 0.1) is 5.92 Å². The third-order valence-electron chi connectivity index (χ3n) is 2.69. The Morgan fingerprint density at radius 2 is 2.07 bits per heavy atom. The second-order valence-electron chi connectivity index (χ2n) is 4.18. The summed E-state index contributed by atoms with van der Waals surface area (Å²) >= 11 is 0. The zero-order valence-corrected chi connectivity index (χ0v) is 10.2. The van der Waals surface area contributed by atoms with Gasteiger partial charge in [-0.15, -0.1) is 0 Å². The molecule has 0 saturated heterocycles. The molecular weight excluding hydrogens is 184 g/mol. The van der Waals surface area contributed by atoms with E-state index in [2.05, 4.69) is 44.1 Å². The highest BCUT2D eigenvalue weighted by molar-refractivity contribution is 5.23. The van der Waals surface area contributed by atoms with Gasteiger partial charge in [-0.1, -0.05) is 33.8 Å². The van der Waals surface area contributed by atoms with E-state index < -0.39 is 0 Å². The highest BCUT2D eigenvalue weighted by atomic mass is 14.9. The Morgan fingerprint density at radius 1 is 1.33 bits per heavy atom. The summed E-state index contributed by atoms with van der Waals surface area (Å²) in [5.74, 6) is 0.574. The summed E-state index contributed by atoms with van der Waals surface area (Å²) in [4.78, 5) is 4.53. The highest BCUT2D eigenvalue weighted by Crippen LogP contribution is 2.22. The van der Waals surface area contributed by atoms with Crippen LogP contribution in [-0.2, 0) is 6.42 Å². The molecule has 0 radical (unpaired) electrons. The number of pyridine rings is 1. The molecule has 15 heavy (non-hydrogen) atoms. The van der Waals surface area contributed by atoms with E-state index in [1.54, 1.807) is 0 Å². The molecule has 0 aliphatic rings. The third kappa shape index (κ3) is 3.03. The summed E-state index contributed by atoms with van der Waals surface area (Å²) in [5.41, 5.74) is 2.58. The molecule has 1 heterocycles. The Hall–Kier alpha value is -0.890. The van der Waals surface area contributed by atoms with Gasteiger partial charge in [0, 0.05) is 6.20 Å². The lowest BCUT2D eigenvalue weighted by atomic mass is 9.96. The van der Waals surface area contributed by atoms with Crippen molar-refractivity contribution in [2.24, 2.45) is 5.92 Å². The molecule has 0 aliphatic carbocycles. The second-order valence-corrected chi connectivity index (χ2v) is 4.18. The van der Waals surface area contributed by atoms with Gasteiger partial charge in [0.05, 0.1) is 11.7 Å². The zero-order valence-electron chi connectivity index (χ0n) is 10.2.